The number of hydrogen-bond acceptors (Lipinski definition) is 2. The molecule has 0 saturated carbocycles. The minimum absolute atomic E-state index is 0.435. The molecule has 1 fully saturated rings. The Balaban J connectivity index is 1.96. The minimum Gasteiger partial charge on any atom is -0.378 e. The van der Waals surface area contributed by atoms with Gasteiger partial charge >= 0.3 is 0 Å². The van der Waals surface area contributed by atoms with Crippen molar-refractivity contribution in [1.82, 2.24) is 5.32 Å². The van der Waals surface area contributed by atoms with E-state index in [9.17, 15) is 0 Å². The molecule has 1 aromatic rings. The Morgan fingerprint density at radius 1 is 1.29 bits per heavy atom. The quantitative estimate of drug-likeness (QED) is 0.842. The van der Waals surface area contributed by atoms with Crippen molar-refractivity contribution >= 4 is 0 Å². The number of benzene rings is 1. The normalized spacial score (nSPS) is 22.3. The number of rotatable bonds is 5. The van der Waals surface area contributed by atoms with Gasteiger partial charge in [0, 0.05) is 12.6 Å². The molecule has 2 unspecified atom stereocenters. The molecule has 1 heterocycles. The van der Waals surface area contributed by atoms with Gasteiger partial charge in [-0.1, -0.05) is 37.3 Å². The molecule has 0 spiro atoms. The molecule has 94 valence electrons. The molecule has 0 amide bonds. The topological polar surface area (TPSA) is 21.3 Å². The van der Waals surface area contributed by atoms with Crippen LogP contribution >= 0.6 is 0 Å². The number of ether oxygens (including phenoxy) is 1. The number of hydrogen-bond donors (Lipinski definition) is 1. The van der Waals surface area contributed by atoms with Crippen LogP contribution in [-0.2, 0) is 4.74 Å². The van der Waals surface area contributed by atoms with Gasteiger partial charge in [0.15, 0.2) is 0 Å². The first-order chi connectivity index (χ1) is 8.40. The Morgan fingerprint density at radius 2 is 2.12 bits per heavy atom. The summed E-state index contributed by atoms with van der Waals surface area (Å²) in [6.45, 7) is 4.11. The largest absolute Gasteiger partial charge is 0.378 e. The van der Waals surface area contributed by atoms with Gasteiger partial charge in [0.2, 0.25) is 0 Å². The lowest BCUT2D eigenvalue weighted by molar-refractivity contribution is 0.00514. The highest BCUT2D eigenvalue weighted by molar-refractivity contribution is 5.19. The highest BCUT2D eigenvalue weighted by atomic mass is 16.5. The van der Waals surface area contributed by atoms with Crippen LogP contribution in [-0.4, -0.2) is 19.3 Å². The molecule has 1 saturated heterocycles. The number of nitrogens with one attached hydrogen (secondary N) is 1. The SMILES string of the molecule is CCNC(CC1CCCCO1)c1ccccc1. The van der Waals surface area contributed by atoms with E-state index in [1.807, 2.05) is 0 Å². The van der Waals surface area contributed by atoms with Gasteiger partial charge in [-0.15, -0.1) is 0 Å². The molecule has 2 atom stereocenters. The Labute approximate surface area is 104 Å². The average molecular weight is 233 g/mol. The van der Waals surface area contributed by atoms with Gasteiger partial charge in [-0.2, -0.15) is 0 Å². The van der Waals surface area contributed by atoms with Crippen LogP contribution in [0.5, 0.6) is 0 Å². The average Bonchev–Trinajstić information content (AvgIpc) is 2.40. The van der Waals surface area contributed by atoms with Crippen LogP contribution in [0.4, 0.5) is 0 Å². The van der Waals surface area contributed by atoms with Crippen molar-refractivity contribution in [2.24, 2.45) is 0 Å². The zero-order valence-corrected chi connectivity index (χ0v) is 10.7. The lowest BCUT2D eigenvalue weighted by atomic mass is 9.96. The highest BCUT2D eigenvalue weighted by Gasteiger charge is 2.19. The summed E-state index contributed by atoms with van der Waals surface area (Å²) in [5, 5.41) is 3.57. The Kier molecular flexibility index (Phi) is 5.02. The minimum atomic E-state index is 0.435. The molecule has 2 rings (SSSR count). The van der Waals surface area contributed by atoms with Crippen molar-refractivity contribution in [2.45, 2.75) is 44.8 Å². The van der Waals surface area contributed by atoms with E-state index in [-0.39, 0.29) is 0 Å². The van der Waals surface area contributed by atoms with Crippen LogP contribution in [0.2, 0.25) is 0 Å². The van der Waals surface area contributed by atoms with E-state index in [4.69, 9.17) is 4.74 Å². The van der Waals surface area contributed by atoms with Gasteiger partial charge in [0.05, 0.1) is 6.10 Å². The highest BCUT2D eigenvalue weighted by Crippen LogP contribution is 2.24. The Bertz CT molecular complexity index is 306. The van der Waals surface area contributed by atoms with Crippen LogP contribution in [0.3, 0.4) is 0 Å². The third kappa shape index (κ3) is 3.83. The molecule has 0 aromatic heterocycles. The van der Waals surface area contributed by atoms with Gasteiger partial charge in [-0.05, 0) is 37.8 Å². The van der Waals surface area contributed by atoms with Crippen LogP contribution in [0.15, 0.2) is 30.3 Å². The summed E-state index contributed by atoms with van der Waals surface area (Å²) in [4.78, 5) is 0. The molecule has 0 bridgehead atoms. The van der Waals surface area contributed by atoms with Gasteiger partial charge < -0.3 is 10.1 Å². The molecule has 1 aliphatic heterocycles. The van der Waals surface area contributed by atoms with Crippen LogP contribution in [0.25, 0.3) is 0 Å². The van der Waals surface area contributed by atoms with Crippen LogP contribution in [0, 0.1) is 0 Å². The van der Waals surface area contributed by atoms with Crippen molar-refractivity contribution < 1.29 is 4.74 Å². The van der Waals surface area contributed by atoms with E-state index in [0.29, 0.717) is 12.1 Å². The molecule has 1 N–H and O–H groups in total. The smallest absolute Gasteiger partial charge is 0.0593 e. The molecular weight excluding hydrogens is 210 g/mol. The van der Waals surface area contributed by atoms with Gasteiger partial charge in [-0.3, -0.25) is 0 Å². The third-order valence-corrected chi connectivity index (χ3v) is 3.43. The van der Waals surface area contributed by atoms with Crippen molar-refractivity contribution in [3.63, 3.8) is 0 Å². The van der Waals surface area contributed by atoms with E-state index < -0.39 is 0 Å². The van der Waals surface area contributed by atoms with Crippen molar-refractivity contribution in [2.75, 3.05) is 13.2 Å². The summed E-state index contributed by atoms with van der Waals surface area (Å²) in [5.41, 5.74) is 1.38. The van der Waals surface area contributed by atoms with Gasteiger partial charge in [-0.25, -0.2) is 0 Å². The fourth-order valence-electron chi connectivity index (χ4n) is 2.53. The molecule has 2 nitrogen and oxygen atoms in total. The second kappa shape index (κ2) is 6.77. The summed E-state index contributed by atoms with van der Waals surface area (Å²) in [6.07, 6.45) is 5.30. The Hall–Kier alpha value is -0.860. The standard InChI is InChI=1S/C15H23NO/c1-2-16-15(13-8-4-3-5-9-13)12-14-10-6-7-11-17-14/h3-5,8-9,14-16H,2,6-7,10-12H2,1H3. The van der Waals surface area contributed by atoms with E-state index in [1.165, 1.54) is 24.8 Å². The van der Waals surface area contributed by atoms with E-state index in [2.05, 4.69) is 42.6 Å². The molecule has 0 radical (unpaired) electrons. The molecule has 1 aliphatic rings. The van der Waals surface area contributed by atoms with Crippen molar-refractivity contribution in [1.29, 1.82) is 0 Å². The van der Waals surface area contributed by atoms with Crippen molar-refractivity contribution in [3.8, 4) is 0 Å². The molecule has 1 aromatic carbocycles. The summed E-state index contributed by atoms with van der Waals surface area (Å²) < 4.78 is 5.84. The monoisotopic (exact) mass is 233 g/mol. The zero-order chi connectivity index (χ0) is 11.9. The molecular formula is C15H23NO. The second-order valence-corrected chi connectivity index (χ2v) is 4.75. The maximum Gasteiger partial charge on any atom is 0.0593 e. The predicted molar refractivity (Wildman–Crippen MR) is 71.1 cm³/mol. The van der Waals surface area contributed by atoms with Gasteiger partial charge in [0.25, 0.3) is 0 Å². The first-order valence-electron chi connectivity index (χ1n) is 6.80. The van der Waals surface area contributed by atoms with E-state index >= 15 is 0 Å². The maximum atomic E-state index is 5.84. The van der Waals surface area contributed by atoms with Crippen LogP contribution in [0.1, 0.15) is 44.2 Å². The van der Waals surface area contributed by atoms with Gasteiger partial charge in [0.1, 0.15) is 0 Å². The zero-order valence-electron chi connectivity index (χ0n) is 10.7. The van der Waals surface area contributed by atoms with E-state index in [0.717, 1.165) is 19.6 Å². The van der Waals surface area contributed by atoms with E-state index in [1.54, 1.807) is 0 Å². The first kappa shape index (κ1) is 12.6. The maximum absolute atomic E-state index is 5.84. The molecule has 2 heteroatoms. The van der Waals surface area contributed by atoms with Crippen molar-refractivity contribution in [3.05, 3.63) is 35.9 Å². The lowest BCUT2D eigenvalue weighted by Gasteiger charge is -2.27. The fraction of sp³-hybridized carbons (Fsp3) is 0.600. The molecule has 0 aliphatic carbocycles. The predicted octanol–water partition coefficient (Wildman–Crippen LogP) is 3.30. The second-order valence-electron chi connectivity index (χ2n) is 4.75. The first-order valence-corrected chi connectivity index (χ1v) is 6.80. The Morgan fingerprint density at radius 3 is 2.76 bits per heavy atom. The summed E-state index contributed by atoms with van der Waals surface area (Å²) in [5.74, 6) is 0. The molecule has 17 heavy (non-hydrogen) atoms. The summed E-state index contributed by atoms with van der Waals surface area (Å²) >= 11 is 0. The summed E-state index contributed by atoms with van der Waals surface area (Å²) in [7, 11) is 0. The van der Waals surface area contributed by atoms with Crippen LogP contribution < -0.4 is 5.32 Å². The third-order valence-electron chi connectivity index (χ3n) is 3.43. The summed E-state index contributed by atoms with van der Waals surface area (Å²) in [6, 6.07) is 11.1. The lowest BCUT2D eigenvalue weighted by Crippen LogP contribution is -2.28. The fourth-order valence-corrected chi connectivity index (χ4v) is 2.53.